The Morgan fingerprint density at radius 3 is 2.72 bits per heavy atom. The van der Waals surface area contributed by atoms with Crippen LogP contribution in [-0.2, 0) is 16.1 Å². The molecule has 0 saturated carbocycles. The van der Waals surface area contributed by atoms with Crippen molar-refractivity contribution < 1.29 is 24.3 Å². The third-order valence-corrected chi connectivity index (χ3v) is 2.29. The Hall–Kier alpha value is -2.15. The van der Waals surface area contributed by atoms with Gasteiger partial charge in [-0.25, -0.2) is 4.79 Å². The fourth-order valence-electron chi connectivity index (χ4n) is 1.26. The number of carboxylic acids is 1. The number of nitrogens with zero attached hydrogens (tertiary/aromatic N) is 1. The van der Waals surface area contributed by atoms with Crippen LogP contribution in [0.4, 0.5) is 5.69 Å². The van der Waals surface area contributed by atoms with E-state index in [0.717, 1.165) is 0 Å². The van der Waals surface area contributed by atoms with Gasteiger partial charge in [0, 0.05) is 6.07 Å². The number of carboxylic acid groups (broad SMARTS) is 1. The van der Waals surface area contributed by atoms with Crippen LogP contribution in [0.3, 0.4) is 0 Å². The lowest BCUT2D eigenvalue weighted by atomic mass is 10.2. The first-order valence-corrected chi connectivity index (χ1v) is 5.11. The second-order valence-electron chi connectivity index (χ2n) is 3.55. The number of benzene rings is 1. The summed E-state index contributed by atoms with van der Waals surface area (Å²) >= 11 is 0. The van der Waals surface area contributed by atoms with Crippen molar-refractivity contribution in [3.05, 3.63) is 33.9 Å². The topological polar surface area (TPSA) is 98.9 Å². The molecule has 0 unspecified atom stereocenters. The van der Waals surface area contributed by atoms with Crippen LogP contribution in [0.2, 0.25) is 0 Å². The van der Waals surface area contributed by atoms with Crippen molar-refractivity contribution in [2.75, 3.05) is 7.11 Å². The standard InChI is InChI=1S/C11H13NO6/c1-7(11(13)14)18-6-8-3-4-10(17-2)9(5-8)12(15)16/h3-5,7H,6H2,1-2H3,(H,13,14)/t7-/m0/s1. The van der Waals surface area contributed by atoms with Crippen molar-refractivity contribution in [2.45, 2.75) is 19.6 Å². The Labute approximate surface area is 103 Å². The quantitative estimate of drug-likeness (QED) is 0.612. The molecule has 18 heavy (non-hydrogen) atoms. The van der Waals surface area contributed by atoms with Gasteiger partial charge in [-0.15, -0.1) is 0 Å². The van der Waals surface area contributed by atoms with Gasteiger partial charge >= 0.3 is 11.7 Å². The van der Waals surface area contributed by atoms with Crippen LogP contribution in [-0.4, -0.2) is 29.2 Å². The van der Waals surface area contributed by atoms with Crippen molar-refractivity contribution in [1.82, 2.24) is 0 Å². The van der Waals surface area contributed by atoms with E-state index in [4.69, 9.17) is 14.6 Å². The van der Waals surface area contributed by atoms with Crippen LogP contribution in [0.5, 0.6) is 5.75 Å². The van der Waals surface area contributed by atoms with Crippen LogP contribution in [0, 0.1) is 10.1 Å². The zero-order valence-electron chi connectivity index (χ0n) is 9.95. The maximum atomic E-state index is 10.8. The van der Waals surface area contributed by atoms with Crippen LogP contribution in [0.15, 0.2) is 18.2 Å². The monoisotopic (exact) mass is 255 g/mol. The molecule has 98 valence electrons. The van der Waals surface area contributed by atoms with Crippen molar-refractivity contribution in [1.29, 1.82) is 0 Å². The number of nitro groups is 1. The van der Waals surface area contributed by atoms with Crippen LogP contribution in [0.25, 0.3) is 0 Å². The molecule has 1 N–H and O–H groups in total. The number of methoxy groups -OCH3 is 1. The molecule has 7 nitrogen and oxygen atoms in total. The zero-order chi connectivity index (χ0) is 13.7. The number of rotatable bonds is 6. The van der Waals surface area contributed by atoms with E-state index in [-0.39, 0.29) is 18.0 Å². The van der Waals surface area contributed by atoms with Gasteiger partial charge in [0.15, 0.2) is 11.9 Å². The molecule has 0 radical (unpaired) electrons. The lowest BCUT2D eigenvalue weighted by Gasteiger charge is -2.09. The average molecular weight is 255 g/mol. The minimum Gasteiger partial charge on any atom is -0.490 e. The molecule has 0 fully saturated rings. The van der Waals surface area contributed by atoms with E-state index >= 15 is 0 Å². The number of ether oxygens (including phenoxy) is 2. The molecule has 0 aromatic heterocycles. The normalized spacial score (nSPS) is 11.9. The fraction of sp³-hybridized carbons (Fsp3) is 0.364. The van der Waals surface area contributed by atoms with Gasteiger partial charge in [0.05, 0.1) is 18.6 Å². The summed E-state index contributed by atoms with van der Waals surface area (Å²) in [6.45, 7) is 1.37. The summed E-state index contributed by atoms with van der Waals surface area (Å²) in [5.74, 6) is -0.937. The van der Waals surface area contributed by atoms with Crippen molar-refractivity contribution in [2.24, 2.45) is 0 Å². The molecule has 1 atom stereocenters. The minimum atomic E-state index is -1.09. The molecule has 1 aromatic rings. The summed E-state index contributed by atoms with van der Waals surface area (Å²) in [5, 5.41) is 19.4. The fourth-order valence-corrected chi connectivity index (χ4v) is 1.26. The number of carbonyl (C=O) groups is 1. The molecule has 0 aliphatic heterocycles. The predicted octanol–water partition coefficient (Wildman–Crippen LogP) is 1.59. The molecule has 0 bridgehead atoms. The summed E-state index contributed by atoms with van der Waals surface area (Å²) < 4.78 is 9.88. The van der Waals surface area contributed by atoms with E-state index in [1.165, 1.54) is 26.2 Å². The molecule has 7 heteroatoms. The van der Waals surface area contributed by atoms with Crippen molar-refractivity contribution in [3.63, 3.8) is 0 Å². The molecule has 0 saturated heterocycles. The van der Waals surface area contributed by atoms with Gasteiger partial charge in [0.25, 0.3) is 0 Å². The van der Waals surface area contributed by atoms with Gasteiger partial charge in [-0.3, -0.25) is 10.1 Å². The van der Waals surface area contributed by atoms with E-state index < -0.39 is 17.0 Å². The van der Waals surface area contributed by atoms with Gasteiger partial charge in [0.1, 0.15) is 0 Å². The van der Waals surface area contributed by atoms with Crippen LogP contribution in [0.1, 0.15) is 12.5 Å². The molecular formula is C11H13NO6. The van der Waals surface area contributed by atoms with Crippen LogP contribution < -0.4 is 4.74 Å². The van der Waals surface area contributed by atoms with Gasteiger partial charge in [-0.05, 0) is 18.6 Å². The molecule has 1 rings (SSSR count). The maximum absolute atomic E-state index is 10.8. The Bertz CT molecular complexity index is 459. The first-order chi connectivity index (χ1) is 8.45. The number of nitro benzene ring substituents is 1. The highest BCUT2D eigenvalue weighted by atomic mass is 16.6. The van der Waals surface area contributed by atoms with E-state index in [0.29, 0.717) is 5.56 Å². The summed E-state index contributed by atoms with van der Waals surface area (Å²) in [6, 6.07) is 4.33. The lowest BCUT2D eigenvalue weighted by Crippen LogP contribution is -2.19. The number of hydrogen-bond acceptors (Lipinski definition) is 5. The Morgan fingerprint density at radius 1 is 1.56 bits per heavy atom. The van der Waals surface area contributed by atoms with Crippen molar-refractivity contribution in [3.8, 4) is 5.75 Å². The highest BCUT2D eigenvalue weighted by Crippen LogP contribution is 2.27. The van der Waals surface area contributed by atoms with E-state index in [1.807, 2.05) is 0 Å². The Kier molecular flexibility index (Phi) is 4.61. The second-order valence-corrected chi connectivity index (χ2v) is 3.55. The molecule has 0 aliphatic rings. The van der Waals surface area contributed by atoms with E-state index in [2.05, 4.69) is 0 Å². The first-order valence-electron chi connectivity index (χ1n) is 5.11. The smallest absolute Gasteiger partial charge is 0.332 e. The molecule has 0 spiro atoms. The Balaban J connectivity index is 2.82. The van der Waals surface area contributed by atoms with E-state index in [9.17, 15) is 14.9 Å². The third-order valence-electron chi connectivity index (χ3n) is 2.29. The highest BCUT2D eigenvalue weighted by Gasteiger charge is 2.16. The molecule has 0 heterocycles. The second kappa shape index (κ2) is 5.97. The largest absolute Gasteiger partial charge is 0.490 e. The zero-order valence-corrected chi connectivity index (χ0v) is 9.95. The number of aliphatic carboxylic acids is 1. The molecular weight excluding hydrogens is 242 g/mol. The molecule has 1 aromatic carbocycles. The van der Waals surface area contributed by atoms with Gasteiger partial charge in [-0.1, -0.05) is 6.07 Å². The summed E-state index contributed by atoms with van der Waals surface area (Å²) in [7, 11) is 1.34. The van der Waals surface area contributed by atoms with Crippen molar-refractivity contribution >= 4 is 11.7 Å². The minimum absolute atomic E-state index is 0.0156. The predicted molar refractivity (Wildman–Crippen MR) is 61.5 cm³/mol. The molecule has 0 amide bonds. The van der Waals surface area contributed by atoms with Crippen LogP contribution >= 0.6 is 0 Å². The highest BCUT2D eigenvalue weighted by molar-refractivity contribution is 5.71. The number of hydrogen-bond donors (Lipinski definition) is 1. The summed E-state index contributed by atoms with van der Waals surface area (Å²) in [6.07, 6.45) is -0.967. The molecule has 0 aliphatic carbocycles. The Morgan fingerprint density at radius 2 is 2.22 bits per heavy atom. The van der Waals surface area contributed by atoms with Gasteiger partial charge < -0.3 is 14.6 Å². The average Bonchev–Trinajstić information content (AvgIpc) is 2.35. The summed E-state index contributed by atoms with van der Waals surface area (Å²) in [5.41, 5.74) is 0.331. The van der Waals surface area contributed by atoms with Gasteiger partial charge in [0.2, 0.25) is 0 Å². The van der Waals surface area contributed by atoms with E-state index in [1.54, 1.807) is 6.07 Å². The summed E-state index contributed by atoms with van der Waals surface area (Å²) in [4.78, 5) is 20.7. The first kappa shape index (κ1) is 13.9. The maximum Gasteiger partial charge on any atom is 0.332 e. The van der Waals surface area contributed by atoms with Gasteiger partial charge in [-0.2, -0.15) is 0 Å². The lowest BCUT2D eigenvalue weighted by molar-refractivity contribution is -0.385. The third kappa shape index (κ3) is 3.42. The SMILES string of the molecule is COc1ccc(CO[C@@H](C)C(=O)O)cc1[N+](=O)[O-].